The number of nitrogens with one attached hydrogen (secondary N) is 1. The Labute approximate surface area is 121 Å². The predicted octanol–water partition coefficient (Wildman–Crippen LogP) is 3.02. The topological polar surface area (TPSA) is 66.4 Å². The molecule has 1 rings (SSSR count). The van der Waals surface area contributed by atoms with Crippen molar-refractivity contribution in [2.45, 2.75) is 39.2 Å². The first kappa shape index (κ1) is 15.7. The van der Waals surface area contributed by atoms with Gasteiger partial charge in [0, 0.05) is 23.9 Å². The van der Waals surface area contributed by atoms with Gasteiger partial charge in [-0.05, 0) is 43.0 Å². The molecule has 0 saturated carbocycles. The quantitative estimate of drug-likeness (QED) is 0.756. The number of halogens is 1. The molecule has 0 aliphatic rings. The van der Waals surface area contributed by atoms with E-state index in [1.54, 1.807) is 0 Å². The van der Waals surface area contributed by atoms with Crippen molar-refractivity contribution >= 4 is 27.8 Å². The molecule has 0 spiro atoms. The van der Waals surface area contributed by atoms with E-state index in [0.29, 0.717) is 25.8 Å². The van der Waals surface area contributed by atoms with Crippen LogP contribution in [0.2, 0.25) is 0 Å². The molecule has 1 aromatic rings. The van der Waals surface area contributed by atoms with E-state index in [1.807, 2.05) is 25.1 Å². The van der Waals surface area contributed by atoms with Crippen molar-refractivity contribution in [1.82, 2.24) is 5.32 Å². The standard InChI is InChI=1S/C14H18BrNO3/c1-10-6-7-12(15)8-11(10)9-16-13(17)4-2-3-5-14(18)19/h6-8H,2-5,9H2,1H3,(H,16,17)(H,18,19). The van der Waals surface area contributed by atoms with Gasteiger partial charge in [0.05, 0.1) is 0 Å². The van der Waals surface area contributed by atoms with E-state index in [-0.39, 0.29) is 12.3 Å². The Morgan fingerprint density at radius 2 is 1.95 bits per heavy atom. The van der Waals surface area contributed by atoms with Gasteiger partial charge in [-0.3, -0.25) is 9.59 Å². The minimum atomic E-state index is -0.815. The molecule has 2 N–H and O–H groups in total. The summed E-state index contributed by atoms with van der Waals surface area (Å²) in [6, 6.07) is 5.95. The van der Waals surface area contributed by atoms with E-state index in [2.05, 4.69) is 21.2 Å². The second kappa shape index (κ2) is 7.94. The van der Waals surface area contributed by atoms with Crippen LogP contribution in [-0.2, 0) is 16.1 Å². The van der Waals surface area contributed by atoms with Crippen molar-refractivity contribution < 1.29 is 14.7 Å². The molecule has 19 heavy (non-hydrogen) atoms. The van der Waals surface area contributed by atoms with Crippen LogP contribution in [0.15, 0.2) is 22.7 Å². The average Bonchev–Trinajstić information content (AvgIpc) is 2.35. The van der Waals surface area contributed by atoms with E-state index in [1.165, 1.54) is 0 Å². The van der Waals surface area contributed by atoms with Gasteiger partial charge in [0.25, 0.3) is 0 Å². The second-order valence-corrected chi connectivity index (χ2v) is 5.36. The number of carboxylic acid groups (broad SMARTS) is 1. The fraction of sp³-hybridized carbons (Fsp3) is 0.429. The molecule has 4 nitrogen and oxygen atoms in total. The number of carbonyl (C=O) groups is 2. The summed E-state index contributed by atoms with van der Waals surface area (Å²) in [6.45, 7) is 2.50. The fourth-order valence-corrected chi connectivity index (χ4v) is 2.08. The third kappa shape index (κ3) is 6.38. The van der Waals surface area contributed by atoms with Crippen molar-refractivity contribution in [3.8, 4) is 0 Å². The van der Waals surface area contributed by atoms with Gasteiger partial charge in [-0.25, -0.2) is 0 Å². The number of carboxylic acids is 1. The maximum Gasteiger partial charge on any atom is 0.303 e. The van der Waals surface area contributed by atoms with Crippen LogP contribution in [0.5, 0.6) is 0 Å². The Hall–Kier alpha value is -1.36. The lowest BCUT2D eigenvalue weighted by molar-refractivity contribution is -0.137. The van der Waals surface area contributed by atoms with Crippen LogP contribution in [-0.4, -0.2) is 17.0 Å². The molecule has 1 amide bonds. The van der Waals surface area contributed by atoms with Gasteiger partial charge < -0.3 is 10.4 Å². The van der Waals surface area contributed by atoms with Gasteiger partial charge >= 0.3 is 5.97 Å². The monoisotopic (exact) mass is 327 g/mol. The highest BCUT2D eigenvalue weighted by molar-refractivity contribution is 9.10. The highest BCUT2D eigenvalue weighted by Gasteiger charge is 2.04. The zero-order chi connectivity index (χ0) is 14.3. The van der Waals surface area contributed by atoms with Crippen LogP contribution < -0.4 is 5.32 Å². The van der Waals surface area contributed by atoms with Gasteiger partial charge in [-0.2, -0.15) is 0 Å². The molecule has 0 fully saturated rings. The molecule has 0 saturated heterocycles. The maximum absolute atomic E-state index is 11.6. The lowest BCUT2D eigenvalue weighted by Gasteiger charge is -2.08. The summed E-state index contributed by atoms with van der Waals surface area (Å²) < 4.78 is 0.990. The molecular formula is C14H18BrNO3. The summed E-state index contributed by atoms with van der Waals surface area (Å²) in [5.74, 6) is -0.852. The predicted molar refractivity (Wildman–Crippen MR) is 76.8 cm³/mol. The van der Waals surface area contributed by atoms with Crippen LogP contribution in [0.3, 0.4) is 0 Å². The highest BCUT2D eigenvalue weighted by Crippen LogP contribution is 2.15. The lowest BCUT2D eigenvalue weighted by Crippen LogP contribution is -2.22. The van der Waals surface area contributed by atoms with Crippen molar-refractivity contribution in [2.24, 2.45) is 0 Å². The molecule has 0 radical (unpaired) electrons. The zero-order valence-corrected chi connectivity index (χ0v) is 12.5. The van der Waals surface area contributed by atoms with Crippen LogP contribution in [0.1, 0.15) is 36.8 Å². The Kier molecular flexibility index (Phi) is 6.56. The number of hydrogen-bond donors (Lipinski definition) is 2. The Morgan fingerprint density at radius 3 is 2.63 bits per heavy atom. The van der Waals surface area contributed by atoms with Crippen molar-refractivity contribution in [3.05, 3.63) is 33.8 Å². The van der Waals surface area contributed by atoms with Crippen LogP contribution in [0, 0.1) is 6.92 Å². The molecule has 5 heteroatoms. The highest BCUT2D eigenvalue weighted by atomic mass is 79.9. The van der Waals surface area contributed by atoms with Crippen LogP contribution >= 0.6 is 15.9 Å². The number of aliphatic carboxylic acids is 1. The molecule has 0 aliphatic carbocycles. The summed E-state index contributed by atoms with van der Waals surface area (Å²) in [7, 11) is 0. The Morgan fingerprint density at radius 1 is 1.26 bits per heavy atom. The number of rotatable bonds is 7. The third-order valence-electron chi connectivity index (χ3n) is 2.83. The van der Waals surface area contributed by atoms with E-state index in [9.17, 15) is 9.59 Å². The van der Waals surface area contributed by atoms with Gasteiger partial charge in [-0.15, -0.1) is 0 Å². The SMILES string of the molecule is Cc1ccc(Br)cc1CNC(=O)CCCCC(=O)O. The molecular weight excluding hydrogens is 310 g/mol. The van der Waals surface area contributed by atoms with Gasteiger partial charge in [0.15, 0.2) is 0 Å². The average molecular weight is 328 g/mol. The zero-order valence-electron chi connectivity index (χ0n) is 10.9. The smallest absolute Gasteiger partial charge is 0.303 e. The first-order chi connectivity index (χ1) is 8.99. The molecule has 1 aromatic carbocycles. The summed E-state index contributed by atoms with van der Waals surface area (Å²) in [4.78, 5) is 21.9. The Bertz CT molecular complexity index is 460. The summed E-state index contributed by atoms with van der Waals surface area (Å²) in [6.07, 6.45) is 1.65. The number of aryl methyl sites for hydroxylation is 1. The summed E-state index contributed by atoms with van der Waals surface area (Å²) in [5, 5.41) is 11.3. The lowest BCUT2D eigenvalue weighted by atomic mass is 10.1. The number of carbonyl (C=O) groups excluding carboxylic acids is 1. The minimum Gasteiger partial charge on any atom is -0.481 e. The Balaban J connectivity index is 2.30. The summed E-state index contributed by atoms with van der Waals surface area (Å²) >= 11 is 3.40. The second-order valence-electron chi connectivity index (χ2n) is 4.45. The van der Waals surface area contributed by atoms with Gasteiger partial charge in [-0.1, -0.05) is 22.0 Å². The van der Waals surface area contributed by atoms with Crippen molar-refractivity contribution in [2.75, 3.05) is 0 Å². The number of hydrogen-bond acceptors (Lipinski definition) is 2. The van der Waals surface area contributed by atoms with E-state index in [0.717, 1.165) is 15.6 Å². The first-order valence-corrected chi connectivity index (χ1v) is 7.02. The van der Waals surface area contributed by atoms with E-state index < -0.39 is 5.97 Å². The number of unbranched alkanes of at least 4 members (excludes halogenated alkanes) is 1. The minimum absolute atomic E-state index is 0.0373. The van der Waals surface area contributed by atoms with Gasteiger partial charge in [0.1, 0.15) is 0 Å². The molecule has 0 unspecified atom stereocenters. The number of benzene rings is 1. The molecule has 0 bridgehead atoms. The normalized spacial score (nSPS) is 10.2. The van der Waals surface area contributed by atoms with Crippen LogP contribution in [0.4, 0.5) is 0 Å². The maximum atomic E-state index is 11.6. The van der Waals surface area contributed by atoms with Crippen molar-refractivity contribution in [3.63, 3.8) is 0 Å². The van der Waals surface area contributed by atoms with Crippen LogP contribution in [0.25, 0.3) is 0 Å². The molecule has 0 heterocycles. The van der Waals surface area contributed by atoms with Gasteiger partial charge in [0.2, 0.25) is 5.91 Å². The van der Waals surface area contributed by atoms with Crippen molar-refractivity contribution in [1.29, 1.82) is 0 Å². The number of amides is 1. The largest absolute Gasteiger partial charge is 0.481 e. The molecule has 0 atom stereocenters. The van der Waals surface area contributed by atoms with E-state index in [4.69, 9.17) is 5.11 Å². The van der Waals surface area contributed by atoms with E-state index >= 15 is 0 Å². The molecule has 0 aromatic heterocycles. The first-order valence-electron chi connectivity index (χ1n) is 6.22. The third-order valence-corrected chi connectivity index (χ3v) is 3.32. The molecule has 0 aliphatic heterocycles. The molecule has 104 valence electrons. The fourth-order valence-electron chi connectivity index (χ4n) is 1.67. The summed E-state index contributed by atoms with van der Waals surface area (Å²) in [5.41, 5.74) is 2.21.